The van der Waals surface area contributed by atoms with Gasteiger partial charge in [-0.05, 0) is 43.4 Å². The van der Waals surface area contributed by atoms with Crippen molar-refractivity contribution < 1.29 is 9.90 Å². The fraction of sp³-hybridized carbons (Fsp3) is 0.471. The quantitative estimate of drug-likeness (QED) is 0.676. The maximum atomic E-state index is 11.4. The van der Waals surface area contributed by atoms with Crippen LogP contribution in [0.15, 0.2) is 30.9 Å². The number of aryl methyl sites for hydroxylation is 1. The van der Waals surface area contributed by atoms with Crippen molar-refractivity contribution in [2.24, 2.45) is 0 Å². The number of hydrogen-bond donors (Lipinski definition) is 3. The van der Waals surface area contributed by atoms with Crippen LogP contribution in [0.4, 0.5) is 5.69 Å². The van der Waals surface area contributed by atoms with Crippen molar-refractivity contribution in [1.29, 1.82) is 0 Å². The number of fused-ring (bicyclic) bond motifs is 1. The van der Waals surface area contributed by atoms with Gasteiger partial charge >= 0.3 is 0 Å². The van der Waals surface area contributed by atoms with E-state index in [1.165, 1.54) is 11.1 Å². The van der Waals surface area contributed by atoms with E-state index in [4.69, 9.17) is 0 Å². The van der Waals surface area contributed by atoms with Gasteiger partial charge in [-0.3, -0.25) is 4.79 Å². The van der Waals surface area contributed by atoms with Gasteiger partial charge in [0, 0.05) is 24.7 Å². The number of aliphatic hydroxyl groups excluding tert-OH is 1. The molecule has 2 unspecified atom stereocenters. The first-order chi connectivity index (χ1) is 10.1. The number of benzene rings is 1. The number of amides is 1. The largest absolute Gasteiger partial charge is 0.392 e. The number of rotatable bonds is 7. The topological polar surface area (TPSA) is 61.4 Å². The van der Waals surface area contributed by atoms with Crippen LogP contribution >= 0.6 is 0 Å². The Morgan fingerprint density at radius 1 is 1.48 bits per heavy atom. The smallest absolute Gasteiger partial charge is 0.224 e. The van der Waals surface area contributed by atoms with Crippen molar-refractivity contribution in [3.63, 3.8) is 0 Å². The molecule has 0 aliphatic carbocycles. The van der Waals surface area contributed by atoms with Crippen LogP contribution in [-0.2, 0) is 11.2 Å². The molecule has 2 rings (SSSR count). The molecular weight excluding hydrogens is 264 g/mol. The normalized spacial score (nSPS) is 16.8. The summed E-state index contributed by atoms with van der Waals surface area (Å²) in [6, 6.07) is 6.31. The Morgan fingerprint density at radius 2 is 2.29 bits per heavy atom. The molecule has 0 spiro atoms. The van der Waals surface area contributed by atoms with Crippen LogP contribution in [0.5, 0.6) is 0 Å². The highest BCUT2D eigenvalue weighted by Gasteiger charge is 2.16. The number of carbonyl (C=O) groups is 1. The molecule has 1 aliphatic heterocycles. The fourth-order valence-corrected chi connectivity index (χ4v) is 2.52. The van der Waals surface area contributed by atoms with E-state index >= 15 is 0 Å². The fourth-order valence-electron chi connectivity index (χ4n) is 2.52. The summed E-state index contributed by atoms with van der Waals surface area (Å²) >= 11 is 0. The third kappa shape index (κ3) is 4.41. The van der Waals surface area contributed by atoms with E-state index in [2.05, 4.69) is 30.2 Å². The molecule has 0 saturated carbocycles. The number of hydrogen-bond acceptors (Lipinski definition) is 3. The molecule has 1 heterocycles. The number of anilines is 1. The van der Waals surface area contributed by atoms with Gasteiger partial charge in [-0.25, -0.2) is 0 Å². The Bertz CT molecular complexity index is 514. The summed E-state index contributed by atoms with van der Waals surface area (Å²) in [6.07, 6.45) is 4.39. The number of aliphatic hydroxyl groups is 1. The van der Waals surface area contributed by atoms with Crippen LogP contribution in [0, 0.1) is 0 Å². The van der Waals surface area contributed by atoms with Gasteiger partial charge in [0.25, 0.3) is 0 Å². The average molecular weight is 288 g/mol. The second-order valence-electron chi connectivity index (χ2n) is 5.61. The zero-order valence-corrected chi connectivity index (χ0v) is 12.6. The van der Waals surface area contributed by atoms with Gasteiger partial charge in [-0.1, -0.05) is 18.2 Å². The van der Waals surface area contributed by atoms with E-state index in [1.54, 1.807) is 0 Å². The van der Waals surface area contributed by atoms with E-state index in [-0.39, 0.29) is 18.1 Å². The predicted octanol–water partition coefficient (Wildman–Crippen LogP) is 2.55. The summed E-state index contributed by atoms with van der Waals surface area (Å²) in [7, 11) is 0. The zero-order chi connectivity index (χ0) is 15.2. The van der Waals surface area contributed by atoms with Gasteiger partial charge in [0.1, 0.15) is 0 Å². The molecule has 3 N–H and O–H groups in total. The number of nitrogens with one attached hydrogen (secondary N) is 2. The Morgan fingerprint density at radius 3 is 3.05 bits per heavy atom. The molecule has 0 radical (unpaired) electrons. The summed E-state index contributed by atoms with van der Waals surface area (Å²) < 4.78 is 0. The Labute approximate surface area is 126 Å². The molecule has 1 aliphatic rings. The lowest BCUT2D eigenvalue weighted by Crippen LogP contribution is -2.29. The third-order valence-corrected chi connectivity index (χ3v) is 3.89. The van der Waals surface area contributed by atoms with Crippen LogP contribution in [-0.4, -0.2) is 23.7 Å². The van der Waals surface area contributed by atoms with E-state index in [9.17, 15) is 9.90 Å². The Hall–Kier alpha value is -1.65. The molecule has 4 nitrogen and oxygen atoms in total. The maximum absolute atomic E-state index is 11.4. The minimum absolute atomic E-state index is 0.0896. The minimum atomic E-state index is -0.345. The molecule has 4 heteroatoms. The van der Waals surface area contributed by atoms with Crippen LogP contribution in [0.1, 0.15) is 43.4 Å². The molecule has 114 valence electrons. The summed E-state index contributed by atoms with van der Waals surface area (Å²) in [4.78, 5) is 11.4. The summed E-state index contributed by atoms with van der Waals surface area (Å²) in [5.74, 6) is 0.0896. The van der Waals surface area contributed by atoms with Crippen molar-refractivity contribution in [1.82, 2.24) is 5.32 Å². The van der Waals surface area contributed by atoms with Crippen molar-refractivity contribution >= 4 is 11.6 Å². The second-order valence-corrected chi connectivity index (χ2v) is 5.61. The molecule has 2 atom stereocenters. The first-order valence-electron chi connectivity index (χ1n) is 7.55. The molecule has 1 aromatic carbocycles. The van der Waals surface area contributed by atoms with Crippen LogP contribution < -0.4 is 10.6 Å². The molecular formula is C17H24N2O2. The Kier molecular flexibility index (Phi) is 5.53. The van der Waals surface area contributed by atoms with E-state index in [0.717, 1.165) is 24.9 Å². The molecule has 21 heavy (non-hydrogen) atoms. The van der Waals surface area contributed by atoms with Crippen molar-refractivity contribution in [2.45, 2.75) is 44.8 Å². The van der Waals surface area contributed by atoms with Gasteiger partial charge in [-0.15, -0.1) is 6.58 Å². The predicted molar refractivity (Wildman–Crippen MR) is 85.2 cm³/mol. The highest BCUT2D eigenvalue weighted by atomic mass is 16.3. The van der Waals surface area contributed by atoms with Gasteiger partial charge < -0.3 is 15.7 Å². The van der Waals surface area contributed by atoms with Crippen LogP contribution in [0.2, 0.25) is 0 Å². The van der Waals surface area contributed by atoms with Gasteiger partial charge in [0.2, 0.25) is 5.91 Å². The standard InChI is InChI=1S/C17H24N2O2/c1-3-4-5-15(20)11-18-12(2)13-6-8-16-14(10-13)7-9-17(21)19-16/h3,6,8,10,12,15,18,20H,1,4-5,7,9,11H2,2H3,(H,19,21). The first kappa shape index (κ1) is 15.7. The summed E-state index contributed by atoms with van der Waals surface area (Å²) in [5.41, 5.74) is 3.29. The first-order valence-corrected chi connectivity index (χ1v) is 7.55. The van der Waals surface area contributed by atoms with E-state index in [0.29, 0.717) is 13.0 Å². The molecule has 1 aromatic rings. The lowest BCUT2D eigenvalue weighted by atomic mass is 9.97. The highest BCUT2D eigenvalue weighted by molar-refractivity contribution is 5.93. The minimum Gasteiger partial charge on any atom is -0.392 e. The van der Waals surface area contributed by atoms with Crippen LogP contribution in [0.25, 0.3) is 0 Å². The van der Waals surface area contributed by atoms with E-state index in [1.807, 2.05) is 18.2 Å². The SMILES string of the molecule is C=CCCC(O)CNC(C)c1ccc2c(c1)CCC(=O)N2. The summed E-state index contributed by atoms with van der Waals surface area (Å²) in [5, 5.41) is 16.1. The van der Waals surface area contributed by atoms with Gasteiger partial charge in [-0.2, -0.15) is 0 Å². The molecule has 0 aromatic heterocycles. The molecule has 0 saturated heterocycles. The second kappa shape index (κ2) is 7.38. The lowest BCUT2D eigenvalue weighted by Gasteiger charge is -2.21. The number of carbonyl (C=O) groups excluding carboxylic acids is 1. The van der Waals surface area contributed by atoms with Crippen molar-refractivity contribution in [3.8, 4) is 0 Å². The van der Waals surface area contributed by atoms with Crippen LogP contribution in [0.3, 0.4) is 0 Å². The lowest BCUT2D eigenvalue weighted by molar-refractivity contribution is -0.116. The maximum Gasteiger partial charge on any atom is 0.224 e. The monoisotopic (exact) mass is 288 g/mol. The molecule has 0 bridgehead atoms. The highest BCUT2D eigenvalue weighted by Crippen LogP contribution is 2.26. The van der Waals surface area contributed by atoms with Gasteiger partial charge in [0.05, 0.1) is 6.10 Å². The van der Waals surface area contributed by atoms with Gasteiger partial charge in [0.15, 0.2) is 0 Å². The zero-order valence-electron chi connectivity index (χ0n) is 12.6. The number of allylic oxidation sites excluding steroid dienone is 1. The molecule has 0 fully saturated rings. The van der Waals surface area contributed by atoms with Crippen molar-refractivity contribution in [3.05, 3.63) is 42.0 Å². The average Bonchev–Trinajstić information content (AvgIpc) is 2.49. The Balaban J connectivity index is 1.92. The van der Waals surface area contributed by atoms with Crippen molar-refractivity contribution in [2.75, 3.05) is 11.9 Å². The summed E-state index contributed by atoms with van der Waals surface area (Å²) in [6.45, 7) is 6.32. The van der Waals surface area contributed by atoms with E-state index < -0.39 is 0 Å². The molecule has 1 amide bonds. The third-order valence-electron chi connectivity index (χ3n) is 3.89.